The van der Waals surface area contributed by atoms with Crippen LogP contribution < -0.4 is 5.32 Å². The van der Waals surface area contributed by atoms with E-state index in [4.69, 9.17) is 5.11 Å². The molecular weight excluding hydrogens is 202 g/mol. The largest absolute Gasteiger partial charge is 0.480 e. The van der Waals surface area contributed by atoms with Gasteiger partial charge in [0.2, 0.25) is 5.91 Å². The molecule has 1 unspecified atom stereocenters. The van der Waals surface area contributed by atoms with Crippen LogP contribution in [0.25, 0.3) is 0 Å². The number of aliphatic carboxylic acids is 1. The lowest BCUT2D eigenvalue weighted by molar-refractivity contribution is -0.137. The van der Waals surface area contributed by atoms with Crippen LogP contribution in [0.5, 0.6) is 0 Å². The maximum atomic E-state index is 10.9. The van der Waals surface area contributed by atoms with Crippen molar-refractivity contribution in [3.63, 3.8) is 0 Å². The molecular formula is C9H17NO3S. The minimum atomic E-state index is -0.804. The van der Waals surface area contributed by atoms with Gasteiger partial charge in [-0.15, -0.1) is 11.8 Å². The van der Waals surface area contributed by atoms with E-state index >= 15 is 0 Å². The number of hydrogen-bond acceptors (Lipinski definition) is 3. The number of carboxylic acid groups (broad SMARTS) is 1. The molecule has 0 aliphatic rings. The molecule has 2 N–H and O–H groups in total. The molecule has 0 aliphatic heterocycles. The Balaban J connectivity index is 3.84. The average molecular weight is 219 g/mol. The highest BCUT2D eigenvalue weighted by molar-refractivity contribution is 8.00. The first kappa shape index (κ1) is 13.3. The Morgan fingerprint density at radius 2 is 2.00 bits per heavy atom. The lowest BCUT2D eigenvalue weighted by Gasteiger charge is -2.14. The van der Waals surface area contributed by atoms with Crippen LogP contribution in [-0.4, -0.2) is 35.0 Å². The van der Waals surface area contributed by atoms with Gasteiger partial charge in [-0.3, -0.25) is 9.59 Å². The minimum Gasteiger partial charge on any atom is -0.480 e. The Kier molecular flexibility index (Phi) is 6.36. The van der Waals surface area contributed by atoms with E-state index in [1.807, 2.05) is 13.8 Å². The van der Waals surface area contributed by atoms with Crippen molar-refractivity contribution in [2.45, 2.75) is 25.5 Å². The van der Waals surface area contributed by atoms with Crippen LogP contribution in [0.15, 0.2) is 0 Å². The maximum absolute atomic E-state index is 10.9. The third-order valence-electron chi connectivity index (χ3n) is 1.75. The van der Waals surface area contributed by atoms with E-state index in [0.717, 1.165) is 0 Å². The fourth-order valence-electron chi connectivity index (χ4n) is 0.952. The number of thioether (sulfide) groups is 1. The van der Waals surface area contributed by atoms with E-state index in [2.05, 4.69) is 5.32 Å². The van der Waals surface area contributed by atoms with Crippen LogP contribution in [0, 0.1) is 5.92 Å². The smallest absolute Gasteiger partial charge is 0.316 e. The van der Waals surface area contributed by atoms with E-state index in [0.29, 0.717) is 12.2 Å². The van der Waals surface area contributed by atoms with Crippen molar-refractivity contribution in [3.8, 4) is 0 Å². The molecule has 0 bridgehead atoms. The van der Waals surface area contributed by atoms with Gasteiger partial charge in [-0.05, 0) is 5.92 Å². The average Bonchev–Trinajstić information content (AvgIpc) is 2.10. The molecule has 0 aliphatic carbocycles. The van der Waals surface area contributed by atoms with Gasteiger partial charge >= 0.3 is 5.97 Å². The third kappa shape index (κ3) is 5.11. The summed E-state index contributed by atoms with van der Waals surface area (Å²) in [5, 5.41) is 10.9. The molecule has 1 amide bonds. The molecule has 0 saturated heterocycles. The molecule has 0 spiro atoms. The van der Waals surface area contributed by atoms with E-state index in [1.54, 1.807) is 7.05 Å². The van der Waals surface area contributed by atoms with E-state index in [9.17, 15) is 9.59 Å². The van der Waals surface area contributed by atoms with Gasteiger partial charge in [-0.25, -0.2) is 0 Å². The lowest BCUT2D eigenvalue weighted by Crippen LogP contribution is -2.24. The van der Waals surface area contributed by atoms with E-state index < -0.39 is 11.2 Å². The highest BCUT2D eigenvalue weighted by Crippen LogP contribution is 2.20. The first-order chi connectivity index (χ1) is 6.49. The second-order valence-electron chi connectivity index (χ2n) is 3.30. The predicted molar refractivity (Wildman–Crippen MR) is 57.4 cm³/mol. The molecule has 0 aromatic heterocycles. The number of carboxylic acids is 1. The van der Waals surface area contributed by atoms with Gasteiger partial charge in [0.15, 0.2) is 0 Å². The summed E-state index contributed by atoms with van der Waals surface area (Å²) in [4.78, 5) is 21.6. The summed E-state index contributed by atoms with van der Waals surface area (Å²) in [5.74, 6) is -0.219. The zero-order valence-corrected chi connectivity index (χ0v) is 9.56. The van der Waals surface area contributed by atoms with E-state index in [1.165, 1.54) is 11.8 Å². The number of amides is 1. The number of rotatable bonds is 6. The maximum Gasteiger partial charge on any atom is 0.316 e. The molecule has 1 atom stereocenters. The van der Waals surface area contributed by atoms with Gasteiger partial charge in [-0.2, -0.15) is 0 Å². The second-order valence-corrected chi connectivity index (χ2v) is 4.55. The van der Waals surface area contributed by atoms with Crippen LogP contribution >= 0.6 is 11.8 Å². The zero-order valence-electron chi connectivity index (χ0n) is 8.74. The monoisotopic (exact) mass is 219 g/mol. The van der Waals surface area contributed by atoms with Crippen molar-refractivity contribution in [1.29, 1.82) is 0 Å². The molecule has 0 aromatic carbocycles. The van der Waals surface area contributed by atoms with Crippen molar-refractivity contribution < 1.29 is 14.7 Å². The summed E-state index contributed by atoms with van der Waals surface area (Å²) >= 11 is 1.32. The van der Waals surface area contributed by atoms with Crippen molar-refractivity contribution in [2.24, 2.45) is 5.92 Å². The molecule has 0 rings (SSSR count). The lowest BCUT2D eigenvalue weighted by atomic mass is 10.1. The summed E-state index contributed by atoms with van der Waals surface area (Å²) in [7, 11) is 1.57. The first-order valence-electron chi connectivity index (χ1n) is 4.54. The van der Waals surface area contributed by atoms with E-state index in [-0.39, 0.29) is 11.8 Å². The SMILES string of the molecule is CNC(=O)CCSC(C(=O)O)C(C)C. The van der Waals surface area contributed by atoms with Crippen LogP contribution in [0.2, 0.25) is 0 Å². The van der Waals surface area contributed by atoms with Crippen molar-refractivity contribution >= 4 is 23.6 Å². The summed E-state index contributed by atoms with van der Waals surface area (Å²) in [5.41, 5.74) is 0. The fraction of sp³-hybridized carbons (Fsp3) is 0.778. The Bertz CT molecular complexity index is 206. The second kappa shape index (κ2) is 6.70. The van der Waals surface area contributed by atoms with Gasteiger partial charge in [0.05, 0.1) is 0 Å². The van der Waals surface area contributed by atoms with Gasteiger partial charge in [0, 0.05) is 19.2 Å². The Morgan fingerprint density at radius 1 is 1.43 bits per heavy atom. The first-order valence-corrected chi connectivity index (χ1v) is 5.59. The topological polar surface area (TPSA) is 66.4 Å². The van der Waals surface area contributed by atoms with Crippen molar-refractivity contribution in [3.05, 3.63) is 0 Å². The normalized spacial score (nSPS) is 12.6. The molecule has 5 heteroatoms. The van der Waals surface area contributed by atoms with Gasteiger partial charge < -0.3 is 10.4 Å². The molecule has 4 nitrogen and oxygen atoms in total. The van der Waals surface area contributed by atoms with Crippen molar-refractivity contribution in [2.75, 3.05) is 12.8 Å². The summed E-state index contributed by atoms with van der Waals surface area (Å²) in [6.07, 6.45) is 0.373. The molecule has 0 aromatic rings. The Morgan fingerprint density at radius 3 is 2.36 bits per heavy atom. The standard InChI is InChI=1S/C9H17NO3S/c1-6(2)8(9(12)13)14-5-4-7(11)10-3/h6,8H,4-5H2,1-3H3,(H,10,11)(H,12,13). The molecule has 0 fully saturated rings. The Hall–Kier alpha value is -0.710. The van der Waals surface area contributed by atoms with Crippen LogP contribution in [0.4, 0.5) is 0 Å². The number of carbonyl (C=O) groups excluding carboxylic acids is 1. The van der Waals surface area contributed by atoms with Crippen molar-refractivity contribution in [1.82, 2.24) is 5.32 Å². The zero-order chi connectivity index (χ0) is 11.1. The summed E-state index contributed by atoms with van der Waals surface area (Å²) < 4.78 is 0. The molecule has 0 heterocycles. The molecule has 82 valence electrons. The fourth-order valence-corrected chi connectivity index (χ4v) is 2.04. The number of hydrogen-bond donors (Lipinski definition) is 2. The Labute approximate surface area is 88.4 Å². The van der Waals surface area contributed by atoms with Crippen LogP contribution in [-0.2, 0) is 9.59 Å². The number of carbonyl (C=O) groups is 2. The van der Waals surface area contributed by atoms with Crippen LogP contribution in [0.1, 0.15) is 20.3 Å². The molecule has 0 saturated carbocycles. The minimum absolute atomic E-state index is 0.0506. The highest BCUT2D eigenvalue weighted by atomic mass is 32.2. The highest BCUT2D eigenvalue weighted by Gasteiger charge is 2.21. The van der Waals surface area contributed by atoms with Crippen LogP contribution in [0.3, 0.4) is 0 Å². The quantitative estimate of drug-likeness (QED) is 0.698. The predicted octanol–water partition coefficient (Wildman–Crippen LogP) is 0.965. The van der Waals surface area contributed by atoms with Gasteiger partial charge in [0.1, 0.15) is 5.25 Å². The number of nitrogens with one attached hydrogen (secondary N) is 1. The third-order valence-corrected chi connectivity index (χ3v) is 3.30. The summed E-state index contributed by atoms with van der Waals surface area (Å²) in [6, 6.07) is 0. The van der Waals surface area contributed by atoms with Gasteiger partial charge in [-0.1, -0.05) is 13.8 Å². The molecule has 14 heavy (non-hydrogen) atoms. The molecule has 0 radical (unpaired) electrons. The van der Waals surface area contributed by atoms with Gasteiger partial charge in [0.25, 0.3) is 0 Å². The summed E-state index contributed by atoms with van der Waals surface area (Å²) in [6.45, 7) is 3.73.